The van der Waals surface area contributed by atoms with Crippen molar-refractivity contribution in [1.82, 2.24) is 10.6 Å². The zero-order chi connectivity index (χ0) is 23.0. The number of imide groups is 1. The van der Waals surface area contributed by atoms with Crippen molar-refractivity contribution in [3.8, 4) is 0 Å². The standard InChI is InChI=1S/C20H22F3N3O4S/c1-19(2,3)30-17(28)24-13-6-7-26(10-13)14-5-4-12(20(21,22)23)8-11(14)9-15-16(27)25-18(29)31-15/h4-5,8-9,13H,6-7,10H2,1-3H3,(H,24,28)(H,25,27,29). The summed E-state index contributed by atoms with van der Waals surface area (Å²) in [5.74, 6) is -0.649. The van der Waals surface area contributed by atoms with Crippen molar-refractivity contribution in [3.05, 3.63) is 34.2 Å². The molecule has 3 amide bonds. The van der Waals surface area contributed by atoms with Gasteiger partial charge in [-0.3, -0.25) is 14.9 Å². The van der Waals surface area contributed by atoms with Gasteiger partial charge in [-0.05, 0) is 68.8 Å². The molecule has 2 fully saturated rings. The molecule has 11 heteroatoms. The second-order valence-electron chi connectivity index (χ2n) is 8.20. The number of ether oxygens (including phenoxy) is 1. The fourth-order valence-corrected chi connectivity index (χ4v) is 3.94. The molecule has 31 heavy (non-hydrogen) atoms. The summed E-state index contributed by atoms with van der Waals surface area (Å²) in [5, 5.41) is 4.28. The topological polar surface area (TPSA) is 87.7 Å². The number of carbonyl (C=O) groups is 3. The Morgan fingerprint density at radius 1 is 1.29 bits per heavy atom. The maximum Gasteiger partial charge on any atom is 0.416 e. The number of carbonyl (C=O) groups excluding carboxylic acids is 3. The van der Waals surface area contributed by atoms with Crippen molar-refractivity contribution < 1.29 is 32.3 Å². The van der Waals surface area contributed by atoms with Crippen molar-refractivity contribution in [3.63, 3.8) is 0 Å². The van der Waals surface area contributed by atoms with Crippen LogP contribution in [0.3, 0.4) is 0 Å². The second kappa shape index (κ2) is 8.45. The van der Waals surface area contributed by atoms with Gasteiger partial charge in [-0.15, -0.1) is 0 Å². The Hall–Kier alpha value is -2.69. The summed E-state index contributed by atoms with van der Waals surface area (Å²) in [7, 11) is 0. The van der Waals surface area contributed by atoms with Gasteiger partial charge in [-0.2, -0.15) is 13.2 Å². The summed E-state index contributed by atoms with van der Waals surface area (Å²) in [6.45, 7) is 6.09. The molecule has 0 saturated carbocycles. The van der Waals surface area contributed by atoms with E-state index in [0.29, 0.717) is 37.0 Å². The number of halogens is 3. The first kappa shape index (κ1) is 23.0. The molecule has 1 aromatic carbocycles. The molecule has 0 radical (unpaired) electrons. The quantitative estimate of drug-likeness (QED) is 0.664. The van der Waals surface area contributed by atoms with Crippen molar-refractivity contribution in [1.29, 1.82) is 0 Å². The minimum Gasteiger partial charge on any atom is -0.444 e. The zero-order valence-corrected chi connectivity index (χ0v) is 17.9. The van der Waals surface area contributed by atoms with Crippen molar-refractivity contribution in [2.45, 2.75) is 45.0 Å². The minimum absolute atomic E-state index is 0.0215. The zero-order valence-electron chi connectivity index (χ0n) is 17.1. The number of nitrogens with zero attached hydrogens (tertiary/aromatic N) is 1. The number of hydrogen-bond acceptors (Lipinski definition) is 6. The van der Waals surface area contributed by atoms with E-state index in [1.807, 2.05) is 4.90 Å². The first-order valence-electron chi connectivity index (χ1n) is 9.52. The van der Waals surface area contributed by atoms with Crippen LogP contribution >= 0.6 is 11.8 Å². The van der Waals surface area contributed by atoms with Gasteiger partial charge in [0, 0.05) is 18.8 Å². The van der Waals surface area contributed by atoms with E-state index in [2.05, 4.69) is 10.6 Å². The highest BCUT2D eigenvalue weighted by Gasteiger charge is 2.33. The third-order valence-corrected chi connectivity index (χ3v) is 5.34. The van der Waals surface area contributed by atoms with E-state index >= 15 is 0 Å². The van der Waals surface area contributed by atoms with Crippen LogP contribution in [0, 0.1) is 0 Å². The number of amides is 3. The molecule has 0 spiro atoms. The number of benzene rings is 1. The summed E-state index contributed by atoms with van der Waals surface area (Å²) in [6.07, 6.45) is -3.27. The van der Waals surface area contributed by atoms with Crippen LogP contribution in [-0.2, 0) is 15.7 Å². The Labute approximate surface area is 181 Å². The van der Waals surface area contributed by atoms with Crippen molar-refractivity contribution in [2.75, 3.05) is 18.0 Å². The van der Waals surface area contributed by atoms with E-state index in [1.165, 1.54) is 12.1 Å². The van der Waals surface area contributed by atoms with E-state index in [1.54, 1.807) is 20.8 Å². The minimum atomic E-state index is -4.56. The summed E-state index contributed by atoms with van der Waals surface area (Å²) in [5.41, 5.74) is -0.867. The molecule has 3 rings (SSSR count). The third-order valence-electron chi connectivity index (χ3n) is 4.53. The van der Waals surface area contributed by atoms with E-state index in [0.717, 1.165) is 12.1 Å². The molecule has 2 N–H and O–H groups in total. The van der Waals surface area contributed by atoms with Gasteiger partial charge in [0.2, 0.25) is 0 Å². The van der Waals surface area contributed by atoms with Gasteiger partial charge in [0.1, 0.15) is 5.60 Å². The number of rotatable bonds is 3. The average Bonchev–Trinajstić information content (AvgIpc) is 3.18. The molecular weight excluding hydrogens is 435 g/mol. The molecule has 2 heterocycles. The molecule has 1 aromatic rings. The van der Waals surface area contributed by atoms with E-state index < -0.39 is 34.6 Å². The fourth-order valence-electron chi connectivity index (χ4n) is 3.27. The number of anilines is 1. The molecule has 2 saturated heterocycles. The molecule has 0 bridgehead atoms. The predicted octanol–water partition coefficient (Wildman–Crippen LogP) is 4.13. The van der Waals surface area contributed by atoms with Crippen LogP contribution in [0.2, 0.25) is 0 Å². The fraction of sp³-hybridized carbons (Fsp3) is 0.450. The highest BCUT2D eigenvalue weighted by atomic mass is 32.2. The van der Waals surface area contributed by atoms with Gasteiger partial charge in [-0.1, -0.05) is 0 Å². The number of thioether (sulfide) groups is 1. The number of alkyl carbamates (subject to hydrolysis) is 1. The molecule has 2 aliphatic heterocycles. The molecule has 0 aliphatic carbocycles. The van der Waals surface area contributed by atoms with E-state index in [9.17, 15) is 27.6 Å². The number of nitrogens with one attached hydrogen (secondary N) is 2. The smallest absolute Gasteiger partial charge is 0.416 e. The number of alkyl halides is 3. The van der Waals surface area contributed by atoms with Crippen LogP contribution in [-0.4, -0.2) is 42.0 Å². The van der Waals surface area contributed by atoms with Gasteiger partial charge >= 0.3 is 12.3 Å². The molecule has 7 nitrogen and oxygen atoms in total. The van der Waals surface area contributed by atoms with Gasteiger partial charge in [0.15, 0.2) is 0 Å². The Morgan fingerprint density at radius 3 is 2.58 bits per heavy atom. The third kappa shape index (κ3) is 5.93. The van der Waals surface area contributed by atoms with Crippen LogP contribution in [0.25, 0.3) is 6.08 Å². The van der Waals surface area contributed by atoms with E-state index in [4.69, 9.17) is 4.74 Å². The lowest BCUT2D eigenvalue weighted by atomic mass is 10.1. The molecule has 1 unspecified atom stereocenters. The summed E-state index contributed by atoms with van der Waals surface area (Å²) in [4.78, 5) is 37.1. The van der Waals surface area contributed by atoms with Crippen LogP contribution in [0.5, 0.6) is 0 Å². The largest absolute Gasteiger partial charge is 0.444 e. The van der Waals surface area contributed by atoms with E-state index in [-0.39, 0.29) is 16.5 Å². The van der Waals surface area contributed by atoms with Crippen molar-refractivity contribution >= 4 is 40.8 Å². The lowest BCUT2D eigenvalue weighted by molar-refractivity contribution is -0.137. The van der Waals surface area contributed by atoms with Crippen molar-refractivity contribution in [2.24, 2.45) is 0 Å². The molecule has 2 aliphatic rings. The van der Waals surface area contributed by atoms with Gasteiger partial charge in [-0.25, -0.2) is 4.79 Å². The summed E-state index contributed by atoms with van der Waals surface area (Å²) in [6, 6.07) is 3.01. The Bertz CT molecular complexity index is 941. The lowest BCUT2D eigenvalue weighted by Crippen LogP contribution is -2.40. The SMILES string of the molecule is CC(C)(C)OC(=O)NC1CCN(c2ccc(C(F)(F)F)cc2C=C2SC(=O)NC2=O)C1. The number of hydrogen-bond donors (Lipinski definition) is 2. The highest BCUT2D eigenvalue weighted by Crippen LogP contribution is 2.36. The normalized spacial score (nSPS) is 20.9. The van der Waals surface area contributed by atoms with Gasteiger partial charge in [0.05, 0.1) is 16.5 Å². The Morgan fingerprint density at radius 2 is 2.00 bits per heavy atom. The van der Waals surface area contributed by atoms with Crippen LogP contribution < -0.4 is 15.5 Å². The van der Waals surface area contributed by atoms with Crippen LogP contribution in [0.1, 0.15) is 38.3 Å². The lowest BCUT2D eigenvalue weighted by Gasteiger charge is -2.24. The second-order valence-corrected chi connectivity index (χ2v) is 9.22. The Kier molecular flexibility index (Phi) is 6.26. The van der Waals surface area contributed by atoms with Crippen LogP contribution in [0.15, 0.2) is 23.1 Å². The van der Waals surface area contributed by atoms with Crippen LogP contribution in [0.4, 0.5) is 28.4 Å². The maximum atomic E-state index is 13.2. The molecular formula is C20H22F3N3O4S. The summed E-state index contributed by atoms with van der Waals surface area (Å²) < 4.78 is 45.0. The molecule has 168 valence electrons. The first-order valence-corrected chi connectivity index (χ1v) is 10.3. The maximum absolute atomic E-state index is 13.2. The summed E-state index contributed by atoms with van der Waals surface area (Å²) >= 11 is 0.636. The van der Waals surface area contributed by atoms with Gasteiger partial charge in [0.25, 0.3) is 11.1 Å². The monoisotopic (exact) mass is 457 g/mol. The first-order chi connectivity index (χ1) is 14.3. The predicted molar refractivity (Wildman–Crippen MR) is 111 cm³/mol. The molecule has 0 aromatic heterocycles. The average molecular weight is 457 g/mol. The van der Waals surface area contributed by atoms with Gasteiger partial charge < -0.3 is 15.0 Å². The molecule has 1 atom stereocenters. The highest BCUT2D eigenvalue weighted by molar-refractivity contribution is 8.18. The Balaban J connectivity index is 1.84.